The van der Waals surface area contributed by atoms with E-state index >= 15 is 0 Å². The van der Waals surface area contributed by atoms with E-state index in [-0.39, 0.29) is 17.9 Å². The third-order valence-electron chi connectivity index (χ3n) is 10.2. The average Bonchev–Trinajstić information content (AvgIpc) is 3.11. The molecular formula is C43H85N3O4S. The molecule has 0 radical (unpaired) electrons. The number of esters is 1. The van der Waals surface area contributed by atoms with Crippen LogP contribution in [-0.4, -0.2) is 73.4 Å². The number of piperidine rings is 1. The number of rotatable bonds is 33. The molecule has 1 rings (SSSR count). The molecule has 1 aliphatic heterocycles. The van der Waals surface area contributed by atoms with Gasteiger partial charge in [-0.25, -0.2) is 0 Å². The normalized spacial score (nSPS) is 14.9. The Kier molecular flexibility index (Phi) is 36.4. The molecule has 1 saturated heterocycles. The molecule has 7 nitrogen and oxygen atoms in total. The Hall–Kier alpha value is -1.12. The summed E-state index contributed by atoms with van der Waals surface area (Å²) >= 11 is 1.66. The lowest BCUT2D eigenvalue weighted by atomic mass is 9.95. The molecule has 302 valence electrons. The number of aldehydes is 1. The molecule has 0 aromatic rings. The first-order valence-corrected chi connectivity index (χ1v) is 22.8. The largest absolute Gasteiger partial charge is 0.466 e. The minimum absolute atomic E-state index is 0.0474. The zero-order valence-electron chi connectivity index (χ0n) is 34.4. The number of unbranched alkanes of at least 4 members (excludes halogenated alkanes) is 16. The highest BCUT2D eigenvalue weighted by molar-refractivity contribution is 7.99. The van der Waals surface area contributed by atoms with Gasteiger partial charge in [-0.05, 0) is 70.3 Å². The third kappa shape index (κ3) is 34.4. The van der Waals surface area contributed by atoms with Gasteiger partial charge in [0, 0.05) is 17.7 Å². The maximum atomic E-state index is 12.2. The molecule has 2 atom stereocenters. The molecule has 2 unspecified atom stereocenters. The quantitative estimate of drug-likeness (QED) is 0.0392. The summed E-state index contributed by atoms with van der Waals surface area (Å²) in [7, 11) is 2.10. The van der Waals surface area contributed by atoms with E-state index in [1.54, 1.807) is 11.8 Å². The zero-order chi connectivity index (χ0) is 37.8. The first kappa shape index (κ1) is 49.9. The number of likely N-dealkylation sites (tertiary alicyclic amines) is 1. The van der Waals surface area contributed by atoms with Crippen molar-refractivity contribution in [1.29, 1.82) is 0 Å². The van der Waals surface area contributed by atoms with Gasteiger partial charge in [-0.2, -0.15) is 11.8 Å². The number of hydrogen-bond acceptors (Lipinski definition) is 7. The van der Waals surface area contributed by atoms with E-state index < -0.39 is 6.04 Å². The molecule has 1 amide bonds. The number of nitrogens with zero attached hydrogens (tertiary/aromatic N) is 1. The average molecular weight is 740 g/mol. The van der Waals surface area contributed by atoms with Crippen LogP contribution in [0, 0.1) is 11.8 Å². The molecule has 0 spiro atoms. The monoisotopic (exact) mass is 740 g/mol. The molecular weight excluding hydrogens is 655 g/mol. The van der Waals surface area contributed by atoms with Gasteiger partial charge in [0.1, 0.15) is 6.29 Å². The summed E-state index contributed by atoms with van der Waals surface area (Å²) in [5.74, 6) is 2.47. The summed E-state index contributed by atoms with van der Waals surface area (Å²) in [4.78, 5) is 37.4. The Morgan fingerprint density at radius 2 is 1.24 bits per heavy atom. The van der Waals surface area contributed by atoms with Crippen molar-refractivity contribution in [2.75, 3.05) is 38.2 Å². The standard InChI is InChI=1S/C23H45N3O3S.C20H40O/c1-19(2)9-7-5-4-6-8-16-29-22(27)13-18-30-17-12-21(24)23(28)25-20-10-14-26(3)15-11-20;1-3-5-7-9-11-12-14-16-18-20(19-21)17-15-13-10-8-6-4-2/h19-21H,4-18,24H2,1-3H3,(H,25,28);19-20H,3-18H2,1-2H3. The van der Waals surface area contributed by atoms with E-state index in [1.165, 1.54) is 122 Å². The van der Waals surface area contributed by atoms with E-state index in [0.29, 0.717) is 25.4 Å². The van der Waals surface area contributed by atoms with Crippen LogP contribution in [0.4, 0.5) is 0 Å². The van der Waals surface area contributed by atoms with Crippen LogP contribution in [0.15, 0.2) is 0 Å². The van der Waals surface area contributed by atoms with E-state index in [9.17, 15) is 14.4 Å². The predicted molar refractivity (Wildman–Crippen MR) is 221 cm³/mol. The summed E-state index contributed by atoms with van der Waals surface area (Å²) in [6.45, 7) is 11.6. The van der Waals surface area contributed by atoms with Gasteiger partial charge in [-0.3, -0.25) is 9.59 Å². The smallest absolute Gasteiger partial charge is 0.306 e. The van der Waals surface area contributed by atoms with Crippen molar-refractivity contribution in [3.05, 3.63) is 0 Å². The minimum Gasteiger partial charge on any atom is -0.466 e. The lowest BCUT2D eigenvalue weighted by Gasteiger charge is -2.30. The Labute approximate surface area is 320 Å². The molecule has 0 aromatic carbocycles. The number of ether oxygens (including phenoxy) is 1. The van der Waals surface area contributed by atoms with Gasteiger partial charge in [-0.1, -0.05) is 150 Å². The predicted octanol–water partition coefficient (Wildman–Crippen LogP) is 10.7. The number of nitrogens with one attached hydrogen (secondary N) is 1. The van der Waals surface area contributed by atoms with Gasteiger partial charge in [-0.15, -0.1) is 0 Å². The van der Waals surface area contributed by atoms with Crippen LogP contribution in [-0.2, 0) is 19.1 Å². The molecule has 3 N–H and O–H groups in total. The molecule has 0 saturated carbocycles. The van der Waals surface area contributed by atoms with Gasteiger partial charge in [0.05, 0.1) is 19.1 Å². The van der Waals surface area contributed by atoms with E-state index in [0.717, 1.165) is 69.0 Å². The van der Waals surface area contributed by atoms with Gasteiger partial charge >= 0.3 is 5.97 Å². The molecule has 0 aliphatic carbocycles. The first-order valence-electron chi connectivity index (χ1n) is 21.7. The second kappa shape index (κ2) is 37.2. The van der Waals surface area contributed by atoms with Gasteiger partial charge in [0.2, 0.25) is 5.91 Å². The van der Waals surface area contributed by atoms with Crippen molar-refractivity contribution in [2.45, 2.75) is 207 Å². The van der Waals surface area contributed by atoms with Crippen LogP contribution in [0.3, 0.4) is 0 Å². The molecule has 8 heteroatoms. The van der Waals surface area contributed by atoms with Gasteiger partial charge in [0.15, 0.2) is 0 Å². The summed E-state index contributed by atoms with van der Waals surface area (Å²) in [5.41, 5.74) is 6.02. The lowest BCUT2D eigenvalue weighted by Crippen LogP contribution is -2.49. The van der Waals surface area contributed by atoms with Crippen LogP contribution in [0.1, 0.15) is 195 Å². The van der Waals surface area contributed by atoms with E-state index in [2.05, 4.69) is 45.0 Å². The van der Waals surface area contributed by atoms with Crippen LogP contribution < -0.4 is 11.1 Å². The number of amides is 1. The third-order valence-corrected chi connectivity index (χ3v) is 11.2. The van der Waals surface area contributed by atoms with Gasteiger partial charge in [0.25, 0.3) is 0 Å². The number of nitrogens with two attached hydrogens (primary N) is 1. The maximum Gasteiger partial charge on any atom is 0.306 e. The summed E-state index contributed by atoms with van der Waals surface area (Å²) < 4.78 is 5.30. The molecule has 1 fully saturated rings. The number of hydrogen-bond donors (Lipinski definition) is 2. The van der Waals surface area contributed by atoms with Gasteiger partial charge < -0.3 is 25.5 Å². The van der Waals surface area contributed by atoms with E-state index in [1.807, 2.05) is 0 Å². The molecule has 0 aromatic heterocycles. The second-order valence-electron chi connectivity index (χ2n) is 15.7. The maximum absolute atomic E-state index is 12.2. The topological polar surface area (TPSA) is 102 Å². The molecule has 0 bridgehead atoms. The van der Waals surface area contributed by atoms with Crippen molar-refractivity contribution in [2.24, 2.45) is 17.6 Å². The Morgan fingerprint density at radius 1 is 0.745 bits per heavy atom. The summed E-state index contributed by atoms with van der Waals surface area (Å²) in [6.07, 6.45) is 32.6. The van der Waals surface area contributed by atoms with Crippen molar-refractivity contribution in [1.82, 2.24) is 10.2 Å². The van der Waals surface area contributed by atoms with Crippen molar-refractivity contribution in [3.63, 3.8) is 0 Å². The lowest BCUT2D eigenvalue weighted by molar-refractivity contribution is -0.143. The molecule has 51 heavy (non-hydrogen) atoms. The minimum atomic E-state index is -0.468. The fourth-order valence-electron chi connectivity index (χ4n) is 6.51. The zero-order valence-corrected chi connectivity index (χ0v) is 35.2. The van der Waals surface area contributed by atoms with Crippen LogP contribution in [0.25, 0.3) is 0 Å². The molecule has 1 heterocycles. The Bertz CT molecular complexity index is 791. The fraction of sp³-hybridized carbons (Fsp3) is 0.930. The van der Waals surface area contributed by atoms with Crippen LogP contribution in [0.5, 0.6) is 0 Å². The number of thioether (sulfide) groups is 1. The second-order valence-corrected chi connectivity index (χ2v) is 17.0. The Balaban J connectivity index is 0.00000105. The highest BCUT2D eigenvalue weighted by Crippen LogP contribution is 2.18. The van der Waals surface area contributed by atoms with Crippen molar-refractivity contribution >= 4 is 29.9 Å². The number of carbonyl (C=O) groups is 3. The van der Waals surface area contributed by atoms with Crippen LogP contribution >= 0.6 is 11.8 Å². The van der Waals surface area contributed by atoms with Crippen LogP contribution in [0.2, 0.25) is 0 Å². The highest BCUT2D eigenvalue weighted by atomic mass is 32.2. The first-order chi connectivity index (χ1) is 24.7. The van der Waals surface area contributed by atoms with E-state index in [4.69, 9.17) is 10.5 Å². The highest BCUT2D eigenvalue weighted by Gasteiger charge is 2.21. The fourth-order valence-corrected chi connectivity index (χ4v) is 7.45. The van der Waals surface area contributed by atoms with Crippen molar-refractivity contribution < 1.29 is 19.1 Å². The Morgan fingerprint density at radius 3 is 1.75 bits per heavy atom. The molecule has 1 aliphatic rings. The SMILES string of the molecule is CC(C)CCCCCCCOC(=O)CCSCCC(N)C(=O)NC1CCN(C)CC1.CCCCCCCCCCC(C=O)CCCCCCCC. The van der Waals surface area contributed by atoms with Crippen molar-refractivity contribution in [3.8, 4) is 0 Å². The number of carbonyl (C=O) groups excluding carboxylic acids is 3. The summed E-state index contributed by atoms with van der Waals surface area (Å²) in [5, 5.41) is 3.07. The summed E-state index contributed by atoms with van der Waals surface area (Å²) in [6, 6.07) is -0.216.